The first-order valence-electron chi connectivity index (χ1n) is 15.6. The molecule has 0 unspecified atom stereocenters. The zero-order valence-corrected chi connectivity index (χ0v) is 24.3. The number of para-hydroxylation sites is 1. The average molecular weight is 569 g/mol. The predicted molar refractivity (Wildman–Crippen MR) is 192 cm³/mol. The summed E-state index contributed by atoms with van der Waals surface area (Å²) < 4.78 is 6.61. The fourth-order valence-electron chi connectivity index (χ4n) is 8.28. The number of furan rings is 1. The SMILES string of the molecule is c1ccc(-c2ccc3ccc4c(-c5cc6cccc7c8c9ccccc9oc8c8cccc5c8c67)ccc5ccc2c3c54)cc1. The normalized spacial score (nSPS) is 12.4. The molecule has 1 aromatic heterocycles. The second-order valence-electron chi connectivity index (χ2n) is 12.4. The molecular formula is C44H24O. The van der Waals surface area contributed by atoms with Crippen molar-refractivity contribution in [1.29, 1.82) is 0 Å². The van der Waals surface area contributed by atoms with Gasteiger partial charge in [-0.15, -0.1) is 0 Å². The summed E-state index contributed by atoms with van der Waals surface area (Å²) in [5.74, 6) is 0. The van der Waals surface area contributed by atoms with Crippen LogP contribution in [0.5, 0.6) is 0 Å². The largest absolute Gasteiger partial charge is 0.455 e. The van der Waals surface area contributed by atoms with E-state index in [1.54, 1.807) is 0 Å². The molecule has 0 aliphatic heterocycles. The summed E-state index contributed by atoms with van der Waals surface area (Å²) >= 11 is 0. The van der Waals surface area contributed by atoms with Crippen molar-refractivity contribution in [2.45, 2.75) is 0 Å². The molecule has 0 aliphatic carbocycles. The minimum Gasteiger partial charge on any atom is -0.455 e. The lowest BCUT2D eigenvalue weighted by Crippen LogP contribution is -1.92. The molecule has 0 saturated heterocycles. The van der Waals surface area contributed by atoms with E-state index in [0.717, 1.165) is 11.2 Å². The van der Waals surface area contributed by atoms with Gasteiger partial charge in [0.05, 0.1) is 0 Å². The zero-order valence-electron chi connectivity index (χ0n) is 24.3. The first-order valence-corrected chi connectivity index (χ1v) is 15.6. The average Bonchev–Trinajstić information content (AvgIpc) is 3.50. The molecule has 0 bridgehead atoms. The lowest BCUT2D eigenvalue weighted by atomic mass is 9.84. The van der Waals surface area contributed by atoms with Gasteiger partial charge >= 0.3 is 0 Å². The van der Waals surface area contributed by atoms with Crippen LogP contribution < -0.4 is 0 Å². The topological polar surface area (TPSA) is 13.1 Å². The molecule has 45 heavy (non-hydrogen) atoms. The summed E-state index contributed by atoms with van der Waals surface area (Å²) in [6, 6.07) is 53.5. The number of hydrogen-bond acceptors (Lipinski definition) is 1. The van der Waals surface area contributed by atoms with Crippen LogP contribution in [0.15, 0.2) is 150 Å². The van der Waals surface area contributed by atoms with E-state index < -0.39 is 0 Å². The van der Waals surface area contributed by atoms with Crippen molar-refractivity contribution in [3.63, 3.8) is 0 Å². The van der Waals surface area contributed by atoms with Crippen LogP contribution in [-0.4, -0.2) is 0 Å². The number of benzene rings is 10. The van der Waals surface area contributed by atoms with E-state index in [4.69, 9.17) is 4.42 Å². The Hall–Kier alpha value is -5.92. The Kier molecular flexibility index (Phi) is 4.38. The van der Waals surface area contributed by atoms with Gasteiger partial charge in [0, 0.05) is 21.5 Å². The third kappa shape index (κ3) is 2.98. The zero-order chi connectivity index (χ0) is 29.2. The molecule has 0 fully saturated rings. The highest BCUT2D eigenvalue weighted by molar-refractivity contribution is 6.38. The molecule has 1 nitrogen and oxygen atoms in total. The Labute approximate surface area is 258 Å². The van der Waals surface area contributed by atoms with Crippen LogP contribution in [0, 0.1) is 0 Å². The van der Waals surface area contributed by atoms with Crippen LogP contribution in [0.3, 0.4) is 0 Å². The molecule has 0 radical (unpaired) electrons. The summed E-state index contributed by atoms with van der Waals surface area (Å²) in [6.45, 7) is 0. The van der Waals surface area contributed by atoms with Crippen LogP contribution in [0.1, 0.15) is 0 Å². The quantitative estimate of drug-likeness (QED) is 0.189. The lowest BCUT2D eigenvalue weighted by molar-refractivity contribution is 0.673. The van der Waals surface area contributed by atoms with Crippen LogP contribution in [-0.2, 0) is 0 Å². The molecule has 0 saturated carbocycles. The lowest BCUT2D eigenvalue weighted by Gasteiger charge is -2.19. The van der Waals surface area contributed by atoms with Crippen molar-refractivity contribution in [1.82, 2.24) is 0 Å². The van der Waals surface area contributed by atoms with Crippen LogP contribution in [0.4, 0.5) is 0 Å². The summed E-state index contributed by atoms with van der Waals surface area (Å²) in [5.41, 5.74) is 6.96. The Morgan fingerprint density at radius 3 is 1.76 bits per heavy atom. The molecule has 0 atom stereocenters. The summed E-state index contributed by atoms with van der Waals surface area (Å²) in [7, 11) is 0. The van der Waals surface area contributed by atoms with E-state index in [2.05, 4.69) is 146 Å². The van der Waals surface area contributed by atoms with Gasteiger partial charge in [0.15, 0.2) is 0 Å². The highest BCUT2D eigenvalue weighted by atomic mass is 16.3. The third-order valence-corrected chi connectivity index (χ3v) is 10.2. The molecule has 0 aliphatic rings. The summed E-state index contributed by atoms with van der Waals surface area (Å²) in [6.07, 6.45) is 0. The van der Waals surface area contributed by atoms with Gasteiger partial charge in [-0.1, -0.05) is 133 Å². The third-order valence-electron chi connectivity index (χ3n) is 10.2. The standard InChI is InChI=1S/C44H24O/c1-2-8-25(9-3-1)29-20-16-26-19-23-33-30(21-17-27-18-22-32(29)39(26)40(27)33)37-24-28-10-6-13-35-41(28)42-31(37)12-7-14-36(42)44-43(35)34-11-4-5-15-38(34)45-44/h1-24H. The van der Waals surface area contributed by atoms with Gasteiger partial charge in [0.1, 0.15) is 11.2 Å². The fourth-order valence-corrected chi connectivity index (χ4v) is 8.28. The van der Waals surface area contributed by atoms with Crippen LogP contribution in [0.2, 0.25) is 0 Å². The minimum absolute atomic E-state index is 0.936. The molecule has 0 amide bonds. The van der Waals surface area contributed by atoms with E-state index >= 15 is 0 Å². The molecule has 0 N–H and O–H groups in total. The van der Waals surface area contributed by atoms with Crippen molar-refractivity contribution < 1.29 is 4.42 Å². The minimum atomic E-state index is 0.936. The maximum absolute atomic E-state index is 6.61. The second kappa shape index (κ2) is 8.37. The maximum atomic E-state index is 6.61. The number of rotatable bonds is 2. The van der Waals surface area contributed by atoms with Gasteiger partial charge in [-0.2, -0.15) is 0 Å². The molecule has 10 aromatic carbocycles. The smallest absolute Gasteiger partial charge is 0.143 e. The van der Waals surface area contributed by atoms with Crippen LogP contribution >= 0.6 is 0 Å². The number of hydrogen-bond donors (Lipinski definition) is 0. The van der Waals surface area contributed by atoms with Gasteiger partial charge in [0.2, 0.25) is 0 Å². The monoisotopic (exact) mass is 568 g/mol. The van der Waals surface area contributed by atoms with Gasteiger partial charge in [-0.05, 0) is 88.2 Å². The first kappa shape index (κ1) is 23.5. The van der Waals surface area contributed by atoms with Crippen molar-refractivity contribution in [2.75, 3.05) is 0 Å². The number of fused-ring (bicyclic) bond motifs is 5. The highest BCUT2D eigenvalue weighted by Gasteiger charge is 2.22. The van der Waals surface area contributed by atoms with Crippen molar-refractivity contribution >= 4 is 86.6 Å². The van der Waals surface area contributed by atoms with Crippen LogP contribution in [0.25, 0.3) is 109 Å². The molecule has 1 heterocycles. The van der Waals surface area contributed by atoms with E-state index in [1.165, 1.54) is 97.7 Å². The Balaban J connectivity index is 1.29. The molecule has 0 spiro atoms. The van der Waals surface area contributed by atoms with Crippen molar-refractivity contribution in [3.05, 3.63) is 146 Å². The Morgan fingerprint density at radius 2 is 0.911 bits per heavy atom. The van der Waals surface area contributed by atoms with Gasteiger partial charge in [0.25, 0.3) is 0 Å². The van der Waals surface area contributed by atoms with E-state index in [-0.39, 0.29) is 0 Å². The van der Waals surface area contributed by atoms with Crippen molar-refractivity contribution in [3.8, 4) is 22.3 Å². The van der Waals surface area contributed by atoms with Crippen molar-refractivity contribution in [2.24, 2.45) is 0 Å². The Bertz CT molecular complexity index is 2960. The van der Waals surface area contributed by atoms with Gasteiger partial charge < -0.3 is 4.42 Å². The summed E-state index contributed by atoms with van der Waals surface area (Å²) in [5, 5.41) is 17.8. The second-order valence-corrected chi connectivity index (χ2v) is 12.4. The Morgan fingerprint density at radius 1 is 0.311 bits per heavy atom. The van der Waals surface area contributed by atoms with Gasteiger partial charge in [-0.3, -0.25) is 0 Å². The maximum Gasteiger partial charge on any atom is 0.143 e. The first-order chi connectivity index (χ1) is 22.3. The van der Waals surface area contributed by atoms with Gasteiger partial charge in [-0.25, -0.2) is 0 Å². The molecule has 11 aromatic rings. The fraction of sp³-hybridized carbons (Fsp3) is 0. The molecule has 206 valence electrons. The summed E-state index contributed by atoms with van der Waals surface area (Å²) in [4.78, 5) is 0. The molecule has 1 heteroatoms. The van der Waals surface area contributed by atoms with E-state index in [1.807, 2.05) is 0 Å². The van der Waals surface area contributed by atoms with E-state index in [0.29, 0.717) is 0 Å². The van der Waals surface area contributed by atoms with E-state index in [9.17, 15) is 0 Å². The molecule has 11 rings (SSSR count). The predicted octanol–water partition coefficient (Wildman–Crippen LogP) is 12.7. The highest BCUT2D eigenvalue weighted by Crippen LogP contribution is 2.49. The molecular weight excluding hydrogens is 544 g/mol.